The minimum atomic E-state index is -0.329. The SMILES string of the molecule is CC(NC(=O)CC(N)C1CC1)c1ccccc1F. The Morgan fingerprint density at radius 3 is 2.78 bits per heavy atom. The van der Waals surface area contributed by atoms with Crippen LogP contribution in [-0.4, -0.2) is 11.9 Å². The number of halogens is 1. The lowest BCUT2D eigenvalue weighted by Gasteiger charge is -2.17. The number of nitrogens with two attached hydrogens (primary N) is 1. The summed E-state index contributed by atoms with van der Waals surface area (Å²) in [6.45, 7) is 1.78. The highest BCUT2D eigenvalue weighted by atomic mass is 19.1. The molecule has 1 aliphatic rings. The maximum absolute atomic E-state index is 13.5. The van der Waals surface area contributed by atoms with Crippen molar-refractivity contribution in [2.24, 2.45) is 11.7 Å². The summed E-state index contributed by atoms with van der Waals surface area (Å²) in [5.41, 5.74) is 6.39. The van der Waals surface area contributed by atoms with Gasteiger partial charge in [0.1, 0.15) is 5.82 Å². The molecule has 2 unspecified atom stereocenters. The number of hydrogen-bond acceptors (Lipinski definition) is 2. The zero-order valence-electron chi connectivity index (χ0n) is 10.5. The molecule has 1 fully saturated rings. The normalized spacial score (nSPS) is 18.2. The van der Waals surface area contributed by atoms with Gasteiger partial charge in [0.25, 0.3) is 0 Å². The van der Waals surface area contributed by atoms with Gasteiger partial charge in [-0.3, -0.25) is 4.79 Å². The molecule has 1 aliphatic carbocycles. The standard InChI is InChI=1S/C14H19FN2O/c1-9(11-4-2-3-5-12(11)15)17-14(18)8-13(16)10-6-7-10/h2-5,9-10,13H,6-8,16H2,1H3,(H,17,18). The number of benzene rings is 1. The van der Waals surface area contributed by atoms with Crippen LogP contribution in [0.25, 0.3) is 0 Å². The second kappa shape index (κ2) is 5.48. The lowest BCUT2D eigenvalue weighted by atomic mass is 10.1. The molecule has 0 radical (unpaired) electrons. The molecule has 3 nitrogen and oxygen atoms in total. The second-order valence-electron chi connectivity index (χ2n) is 5.02. The van der Waals surface area contributed by atoms with Gasteiger partial charge in [-0.25, -0.2) is 4.39 Å². The lowest BCUT2D eigenvalue weighted by Crippen LogP contribution is -2.34. The van der Waals surface area contributed by atoms with Crippen LogP contribution >= 0.6 is 0 Å². The Hall–Kier alpha value is -1.42. The predicted molar refractivity (Wildman–Crippen MR) is 68.3 cm³/mol. The van der Waals surface area contributed by atoms with Crippen molar-refractivity contribution in [3.63, 3.8) is 0 Å². The first-order valence-electron chi connectivity index (χ1n) is 6.37. The van der Waals surface area contributed by atoms with E-state index in [-0.39, 0.29) is 23.8 Å². The topological polar surface area (TPSA) is 55.1 Å². The molecular weight excluding hydrogens is 231 g/mol. The van der Waals surface area contributed by atoms with Crippen LogP contribution in [0.1, 0.15) is 37.8 Å². The van der Waals surface area contributed by atoms with Gasteiger partial charge in [0, 0.05) is 18.0 Å². The van der Waals surface area contributed by atoms with Crippen LogP contribution in [0.5, 0.6) is 0 Å². The van der Waals surface area contributed by atoms with Crippen LogP contribution < -0.4 is 11.1 Å². The fourth-order valence-electron chi connectivity index (χ4n) is 2.11. The van der Waals surface area contributed by atoms with Crippen LogP contribution in [0.2, 0.25) is 0 Å². The van der Waals surface area contributed by atoms with E-state index in [4.69, 9.17) is 5.73 Å². The van der Waals surface area contributed by atoms with Crippen molar-refractivity contribution in [2.75, 3.05) is 0 Å². The molecule has 0 saturated heterocycles. The minimum absolute atomic E-state index is 0.0576. The molecule has 0 aliphatic heterocycles. The summed E-state index contributed by atoms with van der Waals surface area (Å²) in [5.74, 6) is 0.0986. The number of carbonyl (C=O) groups is 1. The smallest absolute Gasteiger partial charge is 0.222 e. The van der Waals surface area contributed by atoms with Gasteiger partial charge in [-0.2, -0.15) is 0 Å². The summed E-state index contributed by atoms with van der Waals surface area (Å²) < 4.78 is 13.5. The van der Waals surface area contributed by atoms with Gasteiger partial charge >= 0.3 is 0 Å². The molecule has 98 valence electrons. The number of rotatable bonds is 5. The molecule has 2 atom stereocenters. The average Bonchev–Trinajstić information content (AvgIpc) is 3.12. The molecule has 0 aromatic heterocycles. The van der Waals surface area contributed by atoms with Crippen molar-refractivity contribution in [1.82, 2.24) is 5.32 Å². The number of hydrogen-bond donors (Lipinski definition) is 2. The highest BCUT2D eigenvalue weighted by Crippen LogP contribution is 2.32. The van der Waals surface area contributed by atoms with Gasteiger partial charge in [-0.15, -0.1) is 0 Å². The Labute approximate surface area is 107 Å². The van der Waals surface area contributed by atoms with Gasteiger partial charge in [-0.1, -0.05) is 18.2 Å². The third-order valence-corrected chi connectivity index (χ3v) is 3.40. The highest BCUT2D eigenvalue weighted by molar-refractivity contribution is 5.77. The third-order valence-electron chi connectivity index (χ3n) is 3.40. The lowest BCUT2D eigenvalue weighted by molar-refractivity contribution is -0.122. The van der Waals surface area contributed by atoms with E-state index in [0.717, 1.165) is 12.8 Å². The predicted octanol–water partition coefficient (Wildman–Crippen LogP) is 2.13. The highest BCUT2D eigenvalue weighted by Gasteiger charge is 2.30. The number of carbonyl (C=O) groups excluding carboxylic acids is 1. The summed E-state index contributed by atoms with van der Waals surface area (Å²) in [4.78, 5) is 11.8. The fourth-order valence-corrected chi connectivity index (χ4v) is 2.11. The van der Waals surface area contributed by atoms with Crippen LogP contribution in [0.15, 0.2) is 24.3 Å². The van der Waals surface area contributed by atoms with Gasteiger partial charge in [0.2, 0.25) is 5.91 Å². The molecule has 3 N–H and O–H groups in total. The molecular formula is C14H19FN2O. The summed E-state index contributed by atoms with van der Waals surface area (Å²) in [7, 11) is 0. The maximum Gasteiger partial charge on any atom is 0.222 e. The first kappa shape index (κ1) is 13.0. The van der Waals surface area contributed by atoms with Crippen molar-refractivity contribution in [2.45, 2.75) is 38.3 Å². The van der Waals surface area contributed by atoms with E-state index in [1.807, 2.05) is 0 Å². The van der Waals surface area contributed by atoms with Crippen LogP contribution in [0, 0.1) is 11.7 Å². The number of amides is 1. The molecule has 0 heterocycles. The molecule has 1 aromatic rings. The zero-order chi connectivity index (χ0) is 13.1. The van der Waals surface area contributed by atoms with E-state index in [1.54, 1.807) is 25.1 Å². The molecule has 1 saturated carbocycles. The number of nitrogens with one attached hydrogen (secondary N) is 1. The van der Waals surface area contributed by atoms with Crippen LogP contribution in [0.3, 0.4) is 0 Å². The molecule has 1 aromatic carbocycles. The largest absolute Gasteiger partial charge is 0.349 e. The van der Waals surface area contributed by atoms with E-state index in [2.05, 4.69) is 5.32 Å². The van der Waals surface area contributed by atoms with E-state index >= 15 is 0 Å². The van der Waals surface area contributed by atoms with E-state index in [1.165, 1.54) is 6.07 Å². The van der Waals surface area contributed by atoms with Crippen molar-refractivity contribution in [1.29, 1.82) is 0 Å². The third kappa shape index (κ3) is 3.29. The Morgan fingerprint density at radius 1 is 1.50 bits per heavy atom. The van der Waals surface area contributed by atoms with Gasteiger partial charge in [0.05, 0.1) is 6.04 Å². The first-order chi connectivity index (χ1) is 8.58. The molecule has 2 rings (SSSR count). The van der Waals surface area contributed by atoms with Gasteiger partial charge in [0.15, 0.2) is 0 Å². The molecule has 18 heavy (non-hydrogen) atoms. The Morgan fingerprint density at radius 2 is 2.17 bits per heavy atom. The van der Waals surface area contributed by atoms with Crippen molar-refractivity contribution < 1.29 is 9.18 Å². The minimum Gasteiger partial charge on any atom is -0.349 e. The first-order valence-corrected chi connectivity index (χ1v) is 6.37. The maximum atomic E-state index is 13.5. The van der Waals surface area contributed by atoms with Crippen molar-refractivity contribution >= 4 is 5.91 Å². The van der Waals surface area contributed by atoms with Crippen LogP contribution in [-0.2, 0) is 4.79 Å². The molecule has 0 spiro atoms. The summed E-state index contributed by atoms with van der Waals surface area (Å²) in [6.07, 6.45) is 2.57. The Bertz CT molecular complexity index is 432. The van der Waals surface area contributed by atoms with E-state index in [9.17, 15) is 9.18 Å². The monoisotopic (exact) mass is 250 g/mol. The molecule has 1 amide bonds. The molecule has 4 heteroatoms. The second-order valence-corrected chi connectivity index (χ2v) is 5.02. The van der Waals surface area contributed by atoms with E-state index < -0.39 is 0 Å². The average molecular weight is 250 g/mol. The van der Waals surface area contributed by atoms with Crippen molar-refractivity contribution in [3.05, 3.63) is 35.6 Å². The summed E-state index contributed by atoms with van der Waals surface area (Å²) >= 11 is 0. The van der Waals surface area contributed by atoms with E-state index in [0.29, 0.717) is 17.9 Å². The van der Waals surface area contributed by atoms with Gasteiger partial charge in [-0.05, 0) is 31.7 Å². The van der Waals surface area contributed by atoms with Gasteiger partial charge < -0.3 is 11.1 Å². The Kier molecular flexibility index (Phi) is 3.97. The Balaban J connectivity index is 1.88. The van der Waals surface area contributed by atoms with Crippen molar-refractivity contribution in [3.8, 4) is 0 Å². The van der Waals surface area contributed by atoms with Crippen LogP contribution in [0.4, 0.5) is 4.39 Å². The quantitative estimate of drug-likeness (QED) is 0.841. The fraction of sp³-hybridized carbons (Fsp3) is 0.500. The summed E-state index contributed by atoms with van der Waals surface area (Å²) in [5, 5.41) is 2.79. The molecule has 0 bridgehead atoms. The zero-order valence-corrected chi connectivity index (χ0v) is 10.5. The summed E-state index contributed by atoms with van der Waals surface area (Å²) in [6, 6.07) is 6.09.